The van der Waals surface area contributed by atoms with Gasteiger partial charge in [0.1, 0.15) is 12.2 Å². The number of hydrogen-bond donors (Lipinski definition) is 4. The fraction of sp³-hybridized carbons (Fsp3) is 1.00. The summed E-state index contributed by atoms with van der Waals surface area (Å²) in [5.41, 5.74) is 0. The van der Waals surface area contributed by atoms with Crippen molar-refractivity contribution in [2.75, 3.05) is 6.61 Å². The van der Waals surface area contributed by atoms with Gasteiger partial charge in [0.05, 0.1) is 12.7 Å². The normalized spacial score (nSPS) is 36.9. The van der Waals surface area contributed by atoms with Crippen molar-refractivity contribution in [2.45, 2.75) is 31.5 Å². The van der Waals surface area contributed by atoms with Gasteiger partial charge in [0.2, 0.25) is 0 Å². The largest absolute Gasteiger partial charge is 0.394 e. The third-order valence-corrected chi connectivity index (χ3v) is 2.24. The molecule has 1 rings (SSSR count). The second-order valence-corrected chi connectivity index (χ2v) is 3.09. The van der Waals surface area contributed by atoms with Gasteiger partial charge in [-0.1, -0.05) is 6.92 Å². The van der Waals surface area contributed by atoms with E-state index in [0.717, 1.165) is 0 Å². The van der Waals surface area contributed by atoms with E-state index in [1.165, 1.54) is 0 Å². The zero-order valence-electron chi connectivity index (χ0n) is 9.10. The number of aliphatic hydroxyl groups excluding tert-OH is 4. The number of hydrogen-bond acceptors (Lipinski definition) is 5. The molecule has 16 heavy (non-hydrogen) atoms. The molecule has 0 spiro atoms. The molecule has 0 aromatic rings. The van der Waals surface area contributed by atoms with E-state index in [2.05, 4.69) is 0 Å². The molecule has 0 saturated carbocycles. The van der Waals surface area contributed by atoms with E-state index in [0.29, 0.717) is 0 Å². The summed E-state index contributed by atoms with van der Waals surface area (Å²) in [7, 11) is 0. The molecule has 1 aliphatic rings. The third-order valence-electron chi connectivity index (χ3n) is 2.24. The standard InChI is InChI=1S/C7H14O5.4Ac/c1-3-5(9)4(2-8)12-7(11)6(3)10;;;;/h3-11H,2H2,1H3;;;;/t3-,4?,5-,6?,7-;;;;/m1..../s1. The summed E-state index contributed by atoms with van der Waals surface area (Å²) in [4.78, 5) is 0. The Balaban J connectivity index is -0.000000180. The Morgan fingerprint density at radius 3 is 1.75 bits per heavy atom. The van der Waals surface area contributed by atoms with Crippen molar-refractivity contribution in [3.63, 3.8) is 0 Å². The van der Waals surface area contributed by atoms with Gasteiger partial charge >= 0.3 is 0 Å². The first-order valence-electron chi connectivity index (χ1n) is 3.88. The van der Waals surface area contributed by atoms with Gasteiger partial charge in [-0.05, 0) is 0 Å². The molecule has 4 N–H and O–H groups in total. The molecule has 5 atom stereocenters. The van der Waals surface area contributed by atoms with Crippen molar-refractivity contribution in [1.82, 2.24) is 0 Å². The van der Waals surface area contributed by atoms with Gasteiger partial charge in [0.25, 0.3) is 0 Å². The summed E-state index contributed by atoms with van der Waals surface area (Å²) < 4.78 is 4.74. The average Bonchev–Trinajstić information content (AvgIpc) is 2.08. The van der Waals surface area contributed by atoms with E-state index >= 15 is 0 Å². The van der Waals surface area contributed by atoms with Crippen LogP contribution < -0.4 is 0 Å². The van der Waals surface area contributed by atoms with Crippen LogP contribution >= 0.6 is 0 Å². The molecule has 4 radical (unpaired) electrons. The minimum absolute atomic E-state index is 0. The molecule has 1 fully saturated rings. The van der Waals surface area contributed by atoms with Crippen LogP contribution in [0.3, 0.4) is 0 Å². The summed E-state index contributed by atoms with van der Waals surface area (Å²) in [6, 6.07) is 0. The van der Waals surface area contributed by atoms with Gasteiger partial charge in [0.15, 0.2) is 6.29 Å². The van der Waals surface area contributed by atoms with Gasteiger partial charge in [-0.15, -0.1) is 0 Å². The van der Waals surface area contributed by atoms with Crippen molar-refractivity contribution in [3.8, 4) is 0 Å². The quantitative estimate of drug-likeness (QED) is 0.246. The Morgan fingerprint density at radius 2 is 1.38 bits per heavy atom. The minimum atomic E-state index is -1.32. The molecule has 5 nitrogen and oxygen atoms in total. The van der Waals surface area contributed by atoms with Gasteiger partial charge in [-0.2, -0.15) is 0 Å². The van der Waals surface area contributed by atoms with Crippen LogP contribution in [0.1, 0.15) is 6.92 Å². The number of aliphatic hydroxyl groups is 4. The predicted octanol–water partition coefficient (Wildman–Crippen LogP) is -1.95. The summed E-state index contributed by atoms with van der Waals surface area (Å²) in [5, 5.41) is 36.4. The molecule has 1 saturated heterocycles. The van der Waals surface area contributed by atoms with Crippen LogP contribution in [-0.4, -0.2) is 51.6 Å². The SMILES string of the molecule is C[C@H]1C(O)[C@H](O)OC(CO)[C@@H]1O.[Ac].[Ac].[Ac].[Ac]. The van der Waals surface area contributed by atoms with Crippen LogP contribution in [-0.2, 0) is 4.74 Å². The second kappa shape index (κ2) is 15.5. The fourth-order valence-electron chi connectivity index (χ4n) is 1.29. The molecule has 1 aliphatic heterocycles. The number of ether oxygens (including phenoxy) is 1. The molecule has 84 valence electrons. The Labute approximate surface area is 238 Å². The molecule has 2 unspecified atom stereocenters. The maximum atomic E-state index is 9.37. The maximum Gasteiger partial charge on any atom is 0.181 e. The third kappa shape index (κ3) is 8.88. The van der Waals surface area contributed by atoms with E-state index in [1.54, 1.807) is 6.92 Å². The Hall–Kier alpha value is 5.57. The molecule has 1 heterocycles. The van der Waals surface area contributed by atoms with E-state index in [4.69, 9.17) is 14.9 Å². The van der Waals surface area contributed by atoms with Crippen LogP contribution in [0.5, 0.6) is 0 Å². The van der Waals surface area contributed by atoms with Crippen LogP contribution in [0, 0.1) is 182 Å². The van der Waals surface area contributed by atoms with Gasteiger partial charge in [-0.25, -0.2) is 0 Å². The summed E-state index contributed by atoms with van der Waals surface area (Å²) in [6.45, 7) is 1.22. The summed E-state index contributed by atoms with van der Waals surface area (Å²) in [5.74, 6) is -0.495. The van der Waals surface area contributed by atoms with Crippen molar-refractivity contribution in [1.29, 1.82) is 0 Å². The van der Waals surface area contributed by atoms with E-state index < -0.39 is 30.5 Å². The smallest absolute Gasteiger partial charge is 0.181 e. The molecule has 0 bridgehead atoms. The molecule has 0 aromatic heterocycles. The van der Waals surface area contributed by atoms with Crippen molar-refractivity contribution >= 4 is 0 Å². The van der Waals surface area contributed by atoms with Crippen molar-refractivity contribution < 1.29 is 201 Å². The Morgan fingerprint density at radius 1 is 0.938 bits per heavy atom. The fourth-order valence-corrected chi connectivity index (χ4v) is 1.29. The van der Waals surface area contributed by atoms with Crippen LogP contribution in [0.15, 0.2) is 0 Å². The number of rotatable bonds is 1. The molecule has 9 heteroatoms. The molecular formula is C7H14Ac4O5. The monoisotopic (exact) mass is 1090 g/mol. The Kier molecular flexibility index (Phi) is 28.6. The first kappa shape index (κ1) is 29.6. The van der Waals surface area contributed by atoms with Crippen molar-refractivity contribution in [2.24, 2.45) is 5.92 Å². The summed E-state index contributed by atoms with van der Waals surface area (Å²) in [6.07, 6.45) is -4.16. The van der Waals surface area contributed by atoms with Gasteiger partial charge < -0.3 is 25.2 Å². The van der Waals surface area contributed by atoms with Crippen LogP contribution in [0.4, 0.5) is 0 Å². The molecule has 0 aliphatic carbocycles. The maximum absolute atomic E-state index is 9.37. The predicted molar refractivity (Wildman–Crippen MR) is 39.1 cm³/mol. The van der Waals surface area contributed by atoms with E-state index in [-0.39, 0.29) is 183 Å². The topological polar surface area (TPSA) is 90.2 Å². The van der Waals surface area contributed by atoms with Crippen LogP contribution in [0.25, 0.3) is 0 Å². The zero-order valence-corrected chi connectivity index (χ0v) is 28.1. The molecule has 0 aromatic carbocycles. The Bertz CT molecular complexity index is 159. The minimum Gasteiger partial charge on any atom is -0.394 e. The van der Waals surface area contributed by atoms with Gasteiger partial charge in [-0.3, -0.25) is 0 Å². The van der Waals surface area contributed by atoms with E-state index in [1.807, 2.05) is 0 Å². The van der Waals surface area contributed by atoms with E-state index in [9.17, 15) is 10.2 Å². The molecule has 0 amide bonds. The van der Waals surface area contributed by atoms with Crippen LogP contribution in [0.2, 0.25) is 0 Å². The second-order valence-electron chi connectivity index (χ2n) is 3.09. The first-order chi connectivity index (χ1) is 5.57. The summed E-state index contributed by atoms with van der Waals surface area (Å²) >= 11 is 0. The zero-order chi connectivity index (χ0) is 9.30. The first-order valence-corrected chi connectivity index (χ1v) is 3.88. The van der Waals surface area contributed by atoms with Gasteiger partial charge in [0, 0.05) is 182 Å². The van der Waals surface area contributed by atoms with Crippen molar-refractivity contribution in [3.05, 3.63) is 0 Å². The average molecular weight is 1090 g/mol. The molecular weight excluding hydrogens is 1070 g/mol.